The fraction of sp³-hybridized carbons (Fsp3) is 0.464. The summed E-state index contributed by atoms with van der Waals surface area (Å²) < 4.78 is 4.93. The fourth-order valence-electron chi connectivity index (χ4n) is 2.17. The van der Waals surface area contributed by atoms with E-state index in [-0.39, 0.29) is 12.5 Å². The normalized spacial score (nSPS) is 9.63. The molecular weight excluding hydrogens is 464 g/mol. The van der Waals surface area contributed by atoms with Crippen LogP contribution in [-0.4, -0.2) is 44.2 Å². The Balaban J connectivity index is -0.000000474. The largest absolute Gasteiger partial charge is 0.380 e. The van der Waals surface area contributed by atoms with Crippen molar-refractivity contribution in [3.05, 3.63) is 71.8 Å². The Morgan fingerprint density at radius 3 is 1.74 bits per heavy atom. The molecule has 7 heteroatoms. The highest BCUT2D eigenvalue weighted by molar-refractivity contribution is 6.17. The number of ether oxygens (including phenoxy) is 1. The average Bonchev–Trinajstić information content (AvgIpc) is 2.86. The van der Waals surface area contributed by atoms with E-state index in [0.29, 0.717) is 25.7 Å². The molecule has 0 radical (unpaired) electrons. The van der Waals surface area contributed by atoms with Gasteiger partial charge in [0.25, 0.3) is 0 Å². The number of aldehydes is 1. The summed E-state index contributed by atoms with van der Waals surface area (Å²) in [6.45, 7) is 13.0. The maximum Gasteiger partial charge on any atom is 0.243 e. The van der Waals surface area contributed by atoms with Crippen LogP contribution in [0.5, 0.6) is 0 Å². The van der Waals surface area contributed by atoms with Crippen molar-refractivity contribution in [3.63, 3.8) is 0 Å². The molecule has 198 valence electrons. The van der Waals surface area contributed by atoms with E-state index in [9.17, 15) is 14.4 Å². The third kappa shape index (κ3) is 27.4. The molecule has 2 aromatic carbocycles. The zero-order valence-electron chi connectivity index (χ0n) is 22.4. The lowest BCUT2D eigenvalue weighted by atomic mass is 10.1. The van der Waals surface area contributed by atoms with Gasteiger partial charge in [0.2, 0.25) is 12.3 Å². The van der Waals surface area contributed by atoms with Crippen molar-refractivity contribution in [1.82, 2.24) is 10.6 Å². The highest BCUT2D eigenvalue weighted by Gasteiger charge is 2.17. The number of rotatable bonds is 9. The molecule has 0 aromatic heterocycles. The van der Waals surface area contributed by atoms with Crippen LogP contribution in [0.3, 0.4) is 0 Å². The topological polar surface area (TPSA) is 84.5 Å². The molecule has 2 aromatic rings. The van der Waals surface area contributed by atoms with E-state index in [2.05, 4.69) is 31.4 Å². The number of hydrogen-bond donors (Lipinski definition) is 2. The summed E-state index contributed by atoms with van der Waals surface area (Å²) in [6.07, 6.45) is 1.47. The minimum Gasteiger partial charge on any atom is -0.380 e. The first-order chi connectivity index (χ1) is 16.9. The Morgan fingerprint density at radius 2 is 1.37 bits per heavy atom. The number of carbonyl (C=O) groups excluding carboxylic acids is 3. The molecule has 0 saturated carbocycles. The second-order valence-electron chi connectivity index (χ2n) is 7.36. The molecule has 0 aliphatic rings. The fourth-order valence-corrected chi connectivity index (χ4v) is 2.17. The summed E-state index contributed by atoms with van der Waals surface area (Å²) in [6, 6.07) is 18.8. The predicted molar refractivity (Wildman–Crippen MR) is 148 cm³/mol. The molecule has 0 spiro atoms. The maximum absolute atomic E-state index is 11.6. The second kappa shape index (κ2) is 29.3. The monoisotopic (exact) mass is 508 g/mol. The van der Waals surface area contributed by atoms with Gasteiger partial charge in [0.15, 0.2) is 0 Å². The van der Waals surface area contributed by atoms with Crippen LogP contribution in [0.15, 0.2) is 60.7 Å². The zero-order chi connectivity index (χ0) is 27.3. The van der Waals surface area contributed by atoms with Gasteiger partial charge in [0.1, 0.15) is 12.3 Å². The van der Waals surface area contributed by atoms with E-state index >= 15 is 0 Å². The highest BCUT2D eigenvalue weighted by Crippen LogP contribution is 2.03. The van der Waals surface area contributed by atoms with Gasteiger partial charge in [0.05, 0.1) is 13.2 Å². The Bertz CT molecular complexity index is 711. The summed E-state index contributed by atoms with van der Waals surface area (Å²) in [5.41, 5.74) is 2.16. The first-order valence-corrected chi connectivity index (χ1v) is 12.4. The van der Waals surface area contributed by atoms with E-state index in [1.165, 1.54) is 5.56 Å². The van der Waals surface area contributed by atoms with Gasteiger partial charge in [-0.2, -0.15) is 0 Å². The smallest absolute Gasteiger partial charge is 0.243 e. The molecule has 1 unspecified atom stereocenters. The van der Waals surface area contributed by atoms with Gasteiger partial charge in [-0.25, -0.2) is 0 Å². The molecule has 2 N–H and O–H groups in total. The van der Waals surface area contributed by atoms with Gasteiger partial charge in [-0.3, -0.25) is 9.59 Å². The minimum atomic E-state index is -0.658. The maximum atomic E-state index is 11.6. The van der Waals surface area contributed by atoms with Crippen molar-refractivity contribution in [3.8, 4) is 0 Å². The van der Waals surface area contributed by atoms with Crippen LogP contribution in [0.2, 0.25) is 0 Å². The van der Waals surface area contributed by atoms with Crippen LogP contribution in [-0.2, 0) is 32.1 Å². The number of amides is 2. The molecule has 35 heavy (non-hydrogen) atoms. The first-order valence-electron chi connectivity index (χ1n) is 11.9. The Labute approximate surface area is 217 Å². The summed E-state index contributed by atoms with van der Waals surface area (Å²) in [5.74, 6) is 1.19. The van der Waals surface area contributed by atoms with E-state index in [4.69, 9.17) is 16.3 Å². The zero-order valence-corrected chi connectivity index (χ0v) is 23.2. The molecular formula is C28H45ClN2O4. The van der Waals surface area contributed by atoms with Crippen molar-refractivity contribution in [2.75, 3.05) is 19.5 Å². The summed E-state index contributed by atoms with van der Waals surface area (Å²) >= 11 is 5.00. The third-order valence-electron chi connectivity index (χ3n) is 3.38. The molecule has 2 amide bonds. The Hall–Kier alpha value is -2.70. The van der Waals surface area contributed by atoms with E-state index in [1.54, 1.807) is 7.11 Å². The van der Waals surface area contributed by atoms with Crippen molar-refractivity contribution in [2.45, 2.75) is 60.6 Å². The Kier molecular flexibility index (Phi) is 30.9. The first kappa shape index (κ1) is 36.9. The molecule has 0 aliphatic carbocycles. The van der Waals surface area contributed by atoms with Crippen LogP contribution >= 0.6 is 11.6 Å². The SMILES string of the molecule is CC.CC(C)C.CCCl.COCc1ccccc1.O=CCNC(=O)C(Cc1ccccc1)NC=O. The Morgan fingerprint density at radius 1 is 0.943 bits per heavy atom. The number of nitrogens with one attached hydrogen (secondary N) is 2. The van der Waals surface area contributed by atoms with Crippen LogP contribution in [0.4, 0.5) is 0 Å². The molecule has 0 fully saturated rings. The van der Waals surface area contributed by atoms with Gasteiger partial charge in [-0.1, -0.05) is 102 Å². The standard InChI is InChI=1S/C12H14N2O3.C8H10O.C4H10.C2H5Cl.C2H6/c15-7-6-13-12(17)11(14-9-16)8-10-4-2-1-3-5-10;1-9-7-8-5-3-2-4-6-8;1-4(2)3;1-2-3;1-2/h1-5,7,9,11H,6,8H2,(H,13,17)(H,14,16);2-6H,7H2,1H3;4H,1-3H3;2H2,1H3;1-2H3. The average molecular weight is 509 g/mol. The van der Waals surface area contributed by atoms with Crippen LogP contribution in [0.25, 0.3) is 0 Å². The van der Waals surface area contributed by atoms with E-state index in [0.717, 1.165) is 17.4 Å². The summed E-state index contributed by atoms with van der Waals surface area (Å²) in [5, 5.41) is 4.84. The minimum absolute atomic E-state index is 0.0509. The molecule has 2 rings (SSSR count). The van der Waals surface area contributed by atoms with E-state index < -0.39 is 6.04 Å². The number of hydrogen-bond acceptors (Lipinski definition) is 4. The number of benzene rings is 2. The van der Waals surface area contributed by atoms with Crippen molar-refractivity contribution in [1.29, 1.82) is 0 Å². The lowest BCUT2D eigenvalue weighted by Crippen LogP contribution is -2.45. The lowest BCUT2D eigenvalue weighted by molar-refractivity contribution is -0.126. The molecule has 0 bridgehead atoms. The lowest BCUT2D eigenvalue weighted by Gasteiger charge is -2.14. The summed E-state index contributed by atoms with van der Waals surface area (Å²) in [7, 11) is 1.70. The molecule has 1 atom stereocenters. The molecule has 0 aliphatic heterocycles. The van der Waals surface area contributed by atoms with Crippen molar-refractivity contribution >= 4 is 30.2 Å². The highest BCUT2D eigenvalue weighted by atomic mass is 35.5. The van der Waals surface area contributed by atoms with E-state index in [1.807, 2.05) is 81.4 Å². The number of methoxy groups -OCH3 is 1. The second-order valence-corrected chi connectivity index (χ2v) is 7.89. The van der Waals surface area contributed by atoms with Gasteiger partial charge in [-0.05, 0) is 17.0 Å². The van der Waals surface area contributed by atoms with Gasteiger partial charge in [-0.15, -0.1) is 11.6 Å². The van der Waals surface area contributed by atoms with Crippen molar-refractivity contribution < 1.29 is 19.1 Å². The molecule has 0 heterocycles. The molecule has 0 saturated heterocycles. The van der Waals surface area contributed by atoms with Crippen LogP contribution < -0.4 is 10.6 Å². The third-order valence-corrected chi connectivity index (χ3v) is 3.38. The van der Waals surface area contributed by atoms with Crippen LogP contribution in [0, 0.1) is 5.92 Å². The molecule has 6 nitrogen and oxygen atoms in total. The number of carbonyl (C=O) groups is 3. The van der Waals surface area contributed by atoms with Gasteiger partial charge < -0.3 is 20.2 Å². The predicted octanol–water partition coefficient (Wildman–Crippen LogP) is 5.43. The quantitative estimate of drug-likeness (QED) is 0.349. The number of halogens is 1. The summed E-state index contributed by atoms with van der Waals surface area (Å²) in [4.78, 5) is 32.2. The van der Waals surface area contributed by atoms with Gasteiger partial charge in [0, 0.05) is 19.4 Å². The van der Waals surface area contributed by atoms with Crippen LogP contribution in [0.1, 0.15) is 52.7 Å². The van der Waals surface area contributed by atoms with Gasteiger partial charge >= 0.3 is 0 Å². The number of alkyl halides is 1. The van der Waals surface area contributed by atoms with Crippen molar-refractivity contribution in [2.24, 2.45) is 5.92 Å².